The van der Waals surface area contributed by atoms with Gasteiger partial charge in [-0.25, -0.2) is 0 Å². The fraction of sp³-hybridized carbons (Fsp3) is 0.182. The molecule has 0 spiro atoms. The SMILES string of the molecule is CN(C)c1nc(Cl)nc(Nc2ccc(Cl)c(Br)c2)n1. The van der Waals surface area contributed by atoms with Crippen molar-refractivity contribution in [2.75, 3.05) is 24.3 Å². The molecule has 0 amide bonds. The summed E-state index contributed by atoms with van der Waals surface area (Å²) in [5, 5.41) is 3.81. The third-order valence-corrected chi connectivity index (χ3v) is 3.56. The lowest BCUT2D eigenvalue weighted by Gasteiger charge is -2.12. The lowest BCUT2D eigenvalue weighted by molar-refractivity contribution is 0.961. The predicted molar refractivity (Wildman–Crippen MR) is 81.6 cm³/mol. The number of aromatic nitrogens is 3. The second-order valence-electron chi connectivity index (χ2n) is 3.88. The molecule has 2 rings (SSSR count). The summed E-state index contributed by atoms with van der Waals surface area (Å²) in [5.41, 5.74) is 0.795. The van der Waals surface area contributed by atoms with Crippen LogP contribution in [-0.4, -0.2) is 29.0 Å². The molecule has 1 aromatic carbocycles. The number of hydrogen-bond acceptors (Lipinski definition) is 5. The molecule has 100 valence electrons. The normalized spacial score (nSPS) is 10.4. The van der Waals surface area contributed by atoms with Gasteiger partial charge in [0.05, 0.1) is 5.02 Å². The number of nitrogens with one attached hydrogen (secondary N) is 1. The van der Waals surface area contributed by atoms with E-state index in [0.717, 1.165) is 10.2 Å². The van der Waals surface area contributed by atoms with E-state index < -0.39 is 0 Å². The highest BCUT2D eigenvalue weighted by Crippen LogP contribution is 2.27. The molecule has 0 aliphatic heterocycles. The van der Waals surface area contributed by atoms with Crippen LogP contribution >= 0.6 is 39.1 Å². The molecule has 1 aromatic heterocycles. The van der Waals surface area contributed by atoms with Gasteiger partial charge in [-0.1, -0.05) is 11.6 Å². The van der Waals surface area contributed by atoms with E-state index >= 15 is 0 Å². The van der Waals surface area contributed by atoms with Crippen molar-refractivity contribution in [2.24, 2.45) is 0 Å². The molecule has 8 heteroatoms. The van der Waals surface area contributed by atoms with Crippen molar-refractivity contribution >= 4 is 56.7 Å². The summed E-state index contributed by atoms with van der Waals surface area (Å²) < 4.78 is 0.784. The zero-order valence-corrected chi connectivity index (χ0v) is 13.3. The molecule has 0 aliphatic rings. The van der Waals surface area contributed by atoms with Crippen LogP contribution < -0.4 is 10.2 Å². The first-order chi connectivity index (χ1) is 8.95. The molecule has 5 nitrogen and oxygen atoms in total. The van der Waals surface area contributed by atoms with Crippen LogP contribution in [0.3, 0.4) is 0 Å². The average molecular weight is 363 g/mol. The minimum Gasteiger partial charge on any atom is -0.347 e. The van der Waals surface area contributed by atoms with Crippen molar-refractivity contribution in [1.29, 1.82) is 0 Å². The van der Waals surface area contributed by atoms with Crippen LogP contribution in [0.15, 0.2) is 22.7 Å². The maximum Gasteiger partial charge on any atom is 0.233 e. The quantitative estimate of drug-likeness (QED) is 0.901. The topological polar surface area (TPSA) is 53.9 Å². The van der Waals surface area contributed by atoms with Crippen LogP contribution in [0.5, 0.6) is 0 Å². The number of hydrogen-bond donors (Lipinski definition) is 1. The molecule has 19 heavy (non-hydrogen) atoms. The van der Waals surface area contributed by atoms with Gasteiger partial charge in [-0.15, -0.1) is 0 Å². The third-order valence-electron chi connectivity index (χ3n) is 2.17. The van der Waals surface area contributed by atoms with Crippen molar-refractivity contribution in [3.63, 3.8) is 0 Å². The van der Waals surface area contributed by atoms with Gasteiger partial charge < -0.3 is 10.2 Å². The highest BCUT2D eigenvalue weighted by atomic mass is 79.9. The minimum atomic E-state index is 0.134. The monoisotopic (exact) mass is 361 g/mol. The van der Waals surface area contributed by atoms with Crippen LogP contribution in [0.25, 0.3) is 0 Å². The Bertz CT molecular complexity index is 606. The number of nitrogens with zero attached hydrogens (tertiary/aromatic N) is 4. The van der Waals surface area contributed by atoms with Crippen LogP contribution in [0.2, 0.25) is 10.3 Å². The first-order valence-electron chi connectivity index (χ1n) is 5.26. The zero-order chi connectivity index (χ0) is 14.0. The standard InChI is InChI=1S/C11H10BrCl2N5/c1-19(2)11-17-9(14)16-10(18-11)15-6-3-4-8(13)7(12)5-6/h3-5H,1-2H3,(H,15,16,17,18). The first kappa shape index (κ1) is 14.3. The van der Waals surface area contributed by atoms with Gasteiger partial charge in [0.1, 0.15) is 0 Å². The molecule has 0 fully saturated rings. The zero-order valence-electron chi connectivity index (χ0n) is 10.2. The van der Waals surface area contributed by atoms with Crippen molar-refractivity contribution < 1.29 is 0 Å². The van der Waals surface area contributed by atoms with Crippen LogP contribution in [0.4, 0.5) is 17.6 Å². The summed E-state index contributed by atoms with van der Waals surface area (Å²) in [7, 11) is 3.66. The molecule has 1 N–H and O–H groups in total. The smallest absolute Gasteiger partial charge is 0.233 e. The third kappa shape index (κ3) is 3.68. The lowest BCUT2D eigenvalue weighted by Crippen LogP contribution is -2.14. The number of rotatable bonds is 3. The molecule has 1 heterocycles. The molecular formula is C11H10BrCl2N5. The van der Waals surface area contributed by atoms with Gasteiger partial charge in [-0.3, -0.25) is 0 Å². The number of benzene rings is 1. The Balaban J connectivity index is 2.29. The molecule has 0 saturated carbocycles. The van der Waals surface area contributed by atoms with E-state index in [-0.39, 0.29) is 5.28 Å². The summed E-state index contributed by atoms with van der Waals surface area (Å²) in [4.78, 5) is 14.0. The second-order valence-corrected chi connectivity index (χ2v) is 5.48. The Morgan fingerprint density at radius 1 is 1.16 bits per heavy atom. The van der Waals surface area contributed by atoms with E-state index in [1.807, 2.05) is 26.2 Å². The fourth-order valence-corrected chi connectivity index (χ4v) is 1.95. The van der Waals surface area contributed by atoms with Crippen molar-refractivity contribution in [1.82, 2.24) is 15.0 Å². The summed E-state index contributed by atoms with van der Waals surface area (Å²) in [6.07, 6.45) is 0. The Hall–Kier alpha value is -1.11. The van der Waals surface area contributed by atoms with E-state index in [1.165, 1.54) is 0 Å². The fourth-order valence-electron chi connectivity index (χ4n) is 1.30. The van der Waals surface area contributed by atoms with E-state index in [4.69, 9.17) is 23.2 Å². The molecule has 0 bridgehead atoms. The van der Waals surface area contributed by atoms with Crippen molar-refractivity contribution in [3.05, 3.63) is 33.0 Å². The largest absolute Gasteiger partial charge is 0.347 e. The Kier molecular flexibility index (Phi) is 4.44. The summed E-state index contributed by atoms with van der Waals surface area (Å²) in [5.74, 6) is 0.855. The number of anilines is 3. The van der Waals surface area contributed by atoms with Gasteiger partial charge >= 0.3 is 0 Å². The van der Waals surface area contributed by atoms with Crippen molar-refractivity contribution in [2.45, 2.75) is 0 Å². The lowest BCUT2D eigenvalue weighted by atomic mass is 10.3. The molecule has 0 saturated heterocycles. The van der Waals surface area contributed by atoms with Gasteiger partial charge in [0.25, 0.3) is 0 Å². The van der Waals surface area contributed by atoms with Crippen LogP contribution in [-0.2, 0) is 0 Å². The van der Waals surface area contributed by atoms with Gasteiger partial charge in [0, 0.05) is 24.3 Å². The minimum absolute atomic E-state index is 0.134. The van der Waals surface area contributed by atoms with Gasteiger partial charge in [-0.05, 0) is 45.7 Å². The maximum atomic E-state index is 5.93. The van der Waals surface area contributed by atoms with Gasteiger partial charge in [-0.2, -0.15) is 15.0 Å². The van der Waals surface area contributed by atoms with E-state index in [1.54, 1.807) is 11.0 Å². The molecule has 0 aliphatic carbocycles. The second kappa shape index (κ2) is 5.90. The van der Waals surface area contributed by atoms with E-state index in [2.05, 4.69) is 36.2 Å². The Morgan fingerprint density at radius 2 is 1.89 bits per heavy atom. The highest BCUT2D eigenvalue weighted by Gasteiger charge is 2.07. The summed E-state index contributed by atoms with van der Waals surface area (Å²) in [6.45, 7) is 0. The summed E-state index contributed by atoms with van der Waals surface area (Å²) in [6, 6.07) is 5.42. The van der Waals surface area contributed by atoms with E-state index in [9.17, 15) is 0 Å². The van der Waals surface area contributed by atoms with E-state index in [0.29, 0.717) is 16.9 Å². The summed E-state index contributed by atoms with van der Waals surface area (Å²) >= 11 is 15.1. The Morgan fingerprint density at radius 3 is 2.53 bits per heavy atom. The van der Waals surface area contributed by atoms with Gasteiger partial charge in [0.15, 0.2) is 0 Å². The average Bonchev–Trinajstić information content (AvgIpc) is 2.33. The molecule has 0 radical (unpaired) electrons. The first-order valence-corrected chi connectivity index (χ1v) is 6.81. The highest BCUT2D eigenvalue weighted by molar-refractivity contribution is 9.10. The maximum absolute atomic E-state index is 5.93. The van der Waals surface area contributed by atoms with Crippen LogP contribution in [0.1, 0.15) is 0 Å². The predicted octanol–water partition coefficient (Wildman–Crippen LogP) is 3.75. The molecule has 0 atom stereocenters. The van der Waals surface area contributed by atoms with Crippen molar-refractivity contribution in [3.8, 4) is 0 Å². The molecule has 0 unspecified atom stereocenters. The molecule has 2 aromatic rings. The number of halogens is 3. The van der Waals surface area contributed by atoms with Crippen LogP contribution in [0, 0.1) is 0 Å². The molecular weight excluding hydrogens is 353 g/mol. The Labute approximate surface area is 129 Å². The van der Waals surface area contributed by atoms with Gasteiger partial charge in [0.2, 0.25) is 17.2 Å².